The maximum absolute atomic E-state index is 2.37. The minimum absolute atomic E-state index is 1.15. The van der Waals surface area contributed by atoms with E-state index in [1.165, 1.54) is 56.2 Å². The van der Waals surface area contributed by atoms with Gasteiger partial charge in [-0.1, -0.05) is 55.8 Å². The van der Waals surface area contributed by atoms with Gasteiger partial charge in [0.1, 0.15) is 0 Å². The van der Waals surface area contributed by atoms with Crippen molar-refractivity contribution in [1.29, 1.82) is 0 Å². The highest BCUT2D eigenvalue weighted by molar-refractivity contribution is 7.98. The number of aromatic nitrogens is 1. The van der Waals surface area contributed by atoms with Crippen LogP contribution in [0.25, 0.3) is 32.9 Å². The Balaban J connectivity index is 1.95. The molecule has 0 spiro atoms. The van der Waals surface area contributed by atoms with Crippen molar-refractivity contribution in [3.05, 3.63) is 66.2 Å². The smallest absolute Gasteiger partial charge is 0.0521 e. The van der Waals surface area contributed by atoms with Crippen molar-refractivity contribution in [3.8, 4) is 11.1 Å². The topological polar surface area (TPSA) is 4.93 Å². The van der Waals surface area contributed by atoms with E-state index in [9.17, 15) is 0 Å². The molecule has 26 heavy (non-hydrogen) atoms. The Labute approximate surface area is 160 Å². The normalized spacial score (nSPS) is 11.5. The summed E-state index contributed by atoms with van der Waals surface area (Å²) in [6.45, 7) is 2.26. The molecule has 4 aromatic rings. The van der Waals surface area contributed by atoms with E-state index < -0.39 is 0 Å². The maximum atomic E-state index is 2.37. The summed E-state index contributed by atoms with van der Waals surface area (Å²) < 4.78 is 2.37. The predicted molar refractivity (Wildman–Crippen MR) is 116 cm³/mol. The van der Waals surface area contributed by atoms with E-state index in [-0.39, 0.29) is 0 Å². The molecule has 0 bridgehead atoms. The Bertz CT molecular complexity index is 1070. The molecule has 132 valence electrons. The first-order valence-corrected chi connectivity index (χ1v) is 10.6. The number of hydrogen-bond donors (Lipinski definition) is 0. The number of rotatable bonds is 5. The molecule has 0 aliphatic carbocycles. The van der Waals surface area contributed by atoms with Gasteiger partial charge in [-0.3, -0.25) is 0 Å². The molecule has 1 aromatic heterocycles. The zero-order chi connectivity index (χ0) is 18.1. The molecule has 0 fully saturated rings. The summed E-state index contributed by atoms with van der Waals surface area (Å²) in [6, 6.07) is 22.4. The molecular formula is C24H25NS. The Kier molecular flexibility index (Phi) is 4.78. The average molecular weight is 360 g/mol. The summed E-state index contributed by atoms with van der Waals surface area (Å²) in [5.41, 5.74) is 6.80. The third kappa shape index (κ3) is 2.83. The van der Waals surface area contributed by atoms with Crippen molar-refractivity contribution in [3.63, 3.8) is 0 Å². The molecule has 0 radical (unpaired) electrons. The Hall–Kier alpha value is -2.19. The van der Waals surface area contributed by atoms with Crippen molar-refractivity contribution in [2.45, 2.75) is 31.1 Å². The second-order valence-electron chi connectivity index (χ2n) is 6.91. The average Bonchev–Trinajstić information content (AvgIpc) is 2.99. The maximum Gasteiger partial charge on any atom is 0.0521 e. The summed E-state index contributed by atoms with van der Waals surface area (Å²) >= 11 is 1.81. The zero-order valence-corrected chi connectivity index (χ0v) is 16.6. The molecule has 3 aromatic carbocycles. The quantitative estimate of drug-likeness (QED) is 0.345. The Morgan fingerprint density at radius 2 is 1.77 bits per heavy atom. The van der Waals surface area contributed by atoms with E-state index in [4.69, 9.17) is 0 Å². The van der Waals surface area contributed by atoms with Gasteiger partial charge >= 0.3 is 0 Å². The van der Waals surface area contributed by atoms with Crippen LogP contribution in [0.15, 0.2) is 65.6 Å². The van der Waals surface area contributed by atoms with E-state index in [1.807, 2.05) is 11.8 Å². The van der Waals surface area contributed by atoms with E-state index in [2.05, 4.69) is 85.5 Å². The van der Waals surface area contributed by atoms with Crippen LogP contribution >= 0.6 is 11.8 Å². The van der Waals surface area contributed by atoms with Crippen molar-refractivity contribution in [2.24, 2.45) is 7.05 Å². The van der Waals surface area contributed by atoms with Crippen molar-refractivity contribution in [2.75, 3.05) is 6.26 Å². The highest BCUT2D eigenvalue weighted by Crippen LogP contribution is 2.36. The number of aryl methyl sites for hydroxylation is 2. The van der Waals surface area contributed by atoms with Crippen LogP contribution in [-0.2, 0) is 13.5 Å². The lowest BCUT2D eigenvalue weighted by Crippen LogP contribution is -1.93. The molecular weight excluding hydrogens is 334 g/mol. The van der Waals surface area contributed by atoms with E-state index in [1.54, 1.807) is 0 Å². The molecule has 1 heterocycles. The molecule has 4 rings (SSSR count). The third-order valence-electron chi connectivity index (χ3n) is 5.32. The fourth-order valence-electron chi connectivity index (χ4n) is 3.99. The lowest BCUT2D eigenvalue weighted by Gasteiger charge is -2.08. The van der Waals surface area contributed by atoms with E-state index in [0.29, 0.717) is 0 Å². The number of thioether (sulfide) groups is 1. The predicted octanol–water partition coefficient (Wildman–Crippen LogP) is 7.06. The molecule has 0 N–H and O–H groups in total. The SMILES string of the molecule is CCCCc1cccc2c3cc(-c4ccccc4SC)ccc3n(C)c12. The molecule has 0 aliphatic heterocycles. The van der Waals surface area contributed by atoms with Crippen LogP contribution in [0.2, 0.25) is 0 Å². The summed E-state index contributed by atoms with van der Waals surface area (Å²) in [6.07, 6.45) is 5.78. The summed E-state index contributed by atoms with van der Waals surface area (Å²) in [4.78, 5) is 1.33. The number of hydrogen-bond acceptors (Lipinski definition) is 1. The van der Waals surface area contributed by atoms with Crippen LogP contribution in [-0.4, -0.2) is 10.8 Å². The van der Waals surface area contributed by atoms with Crippen molar-refractivity contribution >= 4 is 33.6 Å². The van der Waals surface area contributed by atoms with Gasteiger partial charge in [-0.25, -0.2) is 0 Å². The van der Waals surface area contributed by atoms with Crippen molar-refractivity contribution < 1.29 is 0 Å². The molecule has 0 saturated carbocycles. The fourth-order valence-corrected chi connectivity index (χ4v) is 4.61. The van der Waals surface area contributed by atoms with Crippen molar-refractivity contribution in [1.82, 2.24) is 4.57 Å². The van der Waals surface area contributed by atoms with Crippen LogP contribution in [0.3, 0.4) is 0 Å². The van der Waals surface area contributed by atoms with Gasteiger partial charge in [0.15, 0.2) is 0 Å². The highest BCUT2D eigenvalue weighted by Gasteiger charge is 2.13. The van der Waals surface area contributed by atoms with Gasteiger partial charge in [-0.05, 0) is 54.0 Å². The zero-order valence-electron chi connectivity index (χ0n) is 15.8. The molecule has 0 amide bonds. The van der Waals surface area contributed by atoms with Gasteiger partial charge < -0.3 is 4.57 Å². The summed E-state index contributed by atoms with van der Waals surface area (Å²) in [5, 5.41) is 2.73. The van der Waals surface area contributed by atoms with Gasteiger partial charge in [0.25, 0.3) is 0 Å². The van der Waals surface area contributed by atoms with Gasteiger partial charge in [0.05, 0.1) is 5.52 Å². The molecule has 0 aliphatic rings. The minimum Gasteiger partial charge on any atom is -0.343 e. The lowest BCUT2D eigenvalue weighted by atomic mass is 10.0. The largest absolute Gasteiger partial charge is 0.343 e. The number of nitrogens with zero attached hydrogens (tertiary/aromatic N) is 1. The van der Waals surface area contributed by atoms with Crippen LogP contribution in [0.5, 0.6) is 0 Å². The van der Waals surface area contributed by atoms with Gasteiger partial charge in [0.2, 0.25) is 0 Å². The van der Waals surface area contributed by atoms with Gasteiger partial charge in [-0.15, -0.1) is 11.8 Å². The van der Waals surface area contributed by atoms with Crippen LogP contribution in [0.4, 0.5) is 0 Å². The van der Waals surface area contributed by atoms with Gasteiger partial charge in [-0.2, -0.15) is 0 Å². The van der Waals surface area contributed by atoms with Gasteiger partial charge in [0, 0.05) is 28.2 Å². The molecule has 0 atom stereocenters. The Morgan fingerprint density at radius 3 is 2.58 bits per heavy atom. The highest BCUT2D eigenvalue weighted by atomic mass is 32.2. The Morgan fingerprint density at radius 1 is 0.923 bits per heavy atom. The van der Waals surface area contributed by atoms with Crippen LogP contribution in [0, 0.1) is 0 Å². The number of fused-ring (bicyclic) bond motifs is 3. The summed E-state index contributed by atoms with van der Waals surface area (Å²) in [7, 11) is 2.20. The van der Waals surface area contributed by atoms with Crippen LogP contribution < -0.4 is 0 Å². The summed E-state index contributed by atoms with van der Waals surface area (Å²) in [5.74, 6) is 0. The number of benzene rings is 3. The first-order valence-electron chi connectivity index (χ1n) is 9.38. The number of para-hydroxylation sites is 1. The monoisotopic (exact) mass is 359 g/mol. The lowest BCUT2D eigenvalue weighted by molar-refractivity contribution is 0.795. The second kappa shape index (κ2) is 7.20. The number of unbranched alkanes of at least 4 members (excludes halogenated alkanes) is 1. The molecule has 1 nitrogen and oxygen atoms in total. The molecule has 0 saturated heterocycles. The van der Waals surface area contributed by atoms with Crippen LogP contribution in [0.1, 0.15) is 25.3 Å². The first-order chi connectivity index (χ1) is 12.7. The second-order valence-corrected chi connectivity index (χ2v) is 7.76. The first kappa shape index (κ1) is 17.2. The van der Waals surface area contributed by atoms with E-state index in [0.717, 1.165) is 6.42 Å². The molecule has 2 heteroatoms. The van der Waals surface area contributed by atoms with E-state index >= 15 is 0 Å². The third-order valence-corrected chi connectivity index (χ3v) is 6.12. The standard InChI is InChI=1S/C24H25NS/c1-4-5-9-17-10-8-12-20-21-16-18(14-15-22(21)25(2)24(17)20)19-11-6-7-13-23(19)26-3/h6-8,10-16H,4-5,9H2,1-3H3. The fraction of sp³-hybridized carbons (Fsp3) is 0.250. The molecule has 0 unspecified atom stereocenters. The minimum atomic E-state index is 1.15.